The van der Waals surface area contributed by atoms with Gasteiger partial charge in [0.25, 0.3) is 0 Å². The first kappa shape index (κ1) is 12.7. The third-order valence-corrected chi connectivity index (χ3v) is 2.72. The van der Waals surface area contributed by atoms with E-state index in [0.717, 1.165) is 24.4 Å². The highest BCUT2D eigenvalue weighted by molar-refractivity contribution is 6.33. The Kier molecular flexibility index (Phi) is 4.85. The van der Waals surface area contributed by atoms with E-state index in [0.29, 0.717) is 11.6 Å². The lowest BCUT2D eigenvalue weighted by atomic mass is 10.3. The standard InChI is InChI=1S/C14H15ClN2O/c15-13-11-16-9-7-14(13)17-8-4-10-18-12-5-2-1-3-6-12/h1-3,5-7,9,11H,4,8,10H2,(H,16,17). The molecule has 0 saturated heterocycles. The van der Waals surface area contributed by atoms with Gasteiger partial charge in [0.05, 0.1) is 17.3 Å². The van der Waals surface area contributed by atoms with Crippen molar-refractivity contribution in [3.8, 4) is 5.75 Å². The summed E-state index contributed by atoms with van der Waals surface area (Å²) in [6.07, 6.45) is 4.26. The topological polar surface area (TPSA) is 34.2 Å². The molecule has 1 heterocycles. The van der Waals surface area contributed by atoms with Crippen LogP contribution in [-0.4, -0.2) is 18.1 Å². The molecule has 94 valence electrons. The molecular weight excluding hydrogens is 248 g/mol. The molecule has 0 bridgehead atoms. The molecule has 0 amide bonds. The van der Waals surface area contributed by atoms with E-state index < -0.39 is 0 Å². The van der Waals surface area contributed by atoms with Crippen LogP contribution in [0.5, 0.6) is 5.75 Å². The summed E-state index contributed by atoms with van der Waals surface area (Å²) in [6, 6.07) is 11.7. The Labute approximate surface area is 112 Å². The minimum Gasteiger partial charge on any atom is -0.494 e. The summed E-state index contributed by atoms with van der Waals surface area (Å²) in [7, 11) is 0. The van der Waals surface area contributed by atoms with Crippen molar-refractivity contribution in [3.05, 3.63) is 53.8 Å². The number of halogens is 1. The lowest BCUT2D eigenvalue weighted by Gasteiger charge is -2.08. The fraction of sp³-hybridized carbons (Fsp3) is 0.214. The van der Waals surface area contributed by atoms with Gasteiger partial charge in [-0.1, -0.05) is 29.8 Å². The number of para-hydroxylation sites is 1. The number of nitrogens with zero attached hydrogens (tertiary/aromatic N) is 1. The van der Waals surface area contributed by atoms with E-state index in [-0.39, 0.29) is 0 Å². The first-order valence-electron chi connectivity index (χ1n) is 5.87. The van der Waals surface area contributed by atoms with Gasteiger partial charge in [-0.05, 0) is 24.6 Å². The van der Waals surface area contributed by atoms with E-state index in [4.69, 9.17) is 16.3 Å². The molecule has 3 nitrogen and oxygen atoms in total. The van der Waals surface area contributed by atoms with E-state index in [1.54, 1.807) is 12.4 Å². The Hall–Kier alpha value is -1.74. The molecule has 0 aliphatic heterocycles. The lowest BCUT2D eigenvalue weighted by Crippen LogP contribution is -2.07. The average molecular weight is 263 g/mol. The van der Waals surface area contributed by atoms with Crippen molar-refractivity contribution in [1.29, 1.82) is 0 Å². The maximum atomic E-state index is 5.98. The molecule has 0 fully saturated rings. The molecule has 0 saturated carbocycles. The van der Waals surface area contributed by atoms with Crippen molar-refractivity contribution in [1.82, 2.24) is 4.98 Å². The van der Waals surface area contributed by atoms with Crippen LogP contribution in [0, 0.1) is 0 Å². The summed E-state index contributed by atoms with van der Waals surface area (Å²) in [5, 5.41) is 3.89. The number of hydrogen-bond acceptors (Lipinski definition) is 3. The number of benzene rings is 1. The summed E-state index contributed by atoms with van der Waals surface area (Å²) in [5.41, 5.74) is 0.909. The Morgan fingerprint density at radius 2 is 2.00 bits per heavy atom. The Morgan fingerprint density at radius 3 is 2.78 bits per heavy atom. The maximum Gasteiger partial charge on any atom is 0.119 e. The molecule has 2 aromatic rings. The van der Waals surface area contributed by atoms with Crippen molar-refractivity contribution < 1.29 is 4.74 Å². The van der Waals surface area contributed by atoms with Crippen LogP contribution in [0.25, 0.3) is 0 Å². The van der Waals surface area contributed by atoms with E-state index >= 15 is 0 Å². The normalized spacial score (nSPS) is 10.1. The van der Waals surface area contributed by atoms with Gasteiger partial charge in [0.2, 0.25) is 0 Å². The zero-order valence-corrected chi connectivity index (χ0v) is 10.7. The SMILES string of the molecule is Clc1cnccc1NCCCOc1ccccc1. The molecule has 1 aromatic carbocycles. The summed E-state index contributed by atoms with van der Waals surface area (Å²) < 4.78 is 5.59. The zero-order chi connectivity index (χ0) is 12.6. The predicted octanol–water partition coefficient (Wildman–Crippen LogP) is 3.62. The number of rotatable bonds is 6. The van der Waals surface area contributed by atoms with Crippen LogP contribution in [0.4, 0.5) is 5.69 Å². The smallest absolute Gasteiger partial charge is 0.119 e. The Bertz CT molecular complexity index is 476. The highest BCUT2D eigenvalue weighted by atomic mass is 35.5. The van der Waals surface area contributed by atoms with Gasteiger partial charge in [-0.2, -0.15) is 0 Å². The summed E-state index contributed by atoms with van der Waals surface area (Å²) >= 11 is 5.98. The third-order valence-electron chi connectivity index (χ3n) is 2.42. The zero-order valence-electron chi connectivity index (χ0n) is 9.97. The molecule has 4 heteroatoms. The lowest BCUT2D eigenvalue weighted by molar-refractivity contribution is 0.315. The Morgan fingerprint density at radius 1 is 1.17 bits per heavy atom. The maximum absolute atomic E-state index is 5.98. The van der Waals surface area contributed by atoms with Crippen LogP contribution in [0.2, 0.25) is 5.02 Å². The largest absolute Gasteiger partial charge is 0.494 e. The van der Waals surface area contributed by atoms with Crippen LogP contribution in [0.1, 0.15) is 6.42 Å². The molecule has 18 heavy (non-hydrogen) atoms. The van der Waals surface area contributed by atoms with Crippen LogP contribution >= 0.6 is 11.6 Å². The van der Waals surface area contributed by atoms with Crippen molar-refractivity contribution in [3.63, 3.8) is 0 Å². The molecule has 1 aromatic heterocycles. The predicted molar refractivity (Wildman–Crippen MR) is 74.3 cm³/mol. The number of anilines is 1. The minimum absolute atomic E-state index is 0.640. The molecule has 2 rings (SSSR count). The molecule has 1 N–H and O–H groups in total. The van der Waals surface area contributed by atoms with Crippen LogP contribution in [-0.2, 0) is 0 Å². The number of hydrogen-bond donors (Lipinski definition) is 1. The highest BCUT2D eigenvalue weighted by Gasteiger charge is 1.98. The van der Waals surface area contributed by atoms with Crippen molar-refractivity contribution >= 4 is 17.3 Å². The van der Waals surface area contributed by atoms with Gasteiger partial charge in [0, 0.05) is 18.9 Å². The molecule has 0 atom stereocenters. The summed E-state index contributed by atoms with van der Waals surface area (Å²) in [5.74, 6) is 0.902. The third kappa shape index (κ3) is 3.93. The monoisotopic (exact) mass is 262 g/mol. The van der Waals surface area contributed by atoms with Gasteiger partial charge in [-0.3, -0.25) is 4.98 Å². The quantitative estimate of drug-likeness (QED) is 0.808. The molecular formula is C14H15ClN2O. The number of pyridine rings is 1. The second kappa shape index (κ2) is 6.87. The molecule has 0 spiro atoms. The fourth-order valence-electron chi connectivity index (χ4n) is 1.52. The van der Waals surface area contributed by atoms with Crippen molar-refractivity contribution in [2.75, 3.05) is 18.5 Å². The van der Waals surface area contributed by atoms with E-state index in [2.05, 4.69) is 10.3 Å². The summed E-state index contributed by atoms with van der Waals surface area (Å²) in [4.78, 5) is 3.93. The molecule has 0 unspecified atom stereocenters. The van der Waals surface area contributed by atoms with E-state index in [1.165, 1.54) is 0 Å². The van der Waals surface area contributed by atoms with Gasteiger partial charge < -0.3 is 10.1 Å². The first-order valence-corrected chi connectivity index (χ1v) is 6.25. The molecule has 0 aliphatic rings. The van der Waals surface area contributed by atoms with Crippen molar-refractivity contribution in [2.45, 2.75) is 6.42 Å². The van der Waals surface area contributed by atoms with Gasteiger partial charge in [0.1, 0.15) is 5.75 Å². The molecule has 0 radical (unpaired) electrons. The minimum atomic E-state index is 0.640. The second-order valence-corrected chi connectivity index (χ2v) is 4.20. The average Bonchev–Trinajstić information content (AvgIpc) is 2.42. The molecule has 0 aliphatic carbocycles. The van der Waals surface area contributed by atoms with Gasteiger partial charge >= 0.3 is 0 Å². The van der Waals surface area contributed by atoms with E-state index in [1.807, 2.05) is 36.4 Å². The number of aromatic nitrogens is 1. The first-order chi connectivity index (χ1) is 8.86. The second-order valence-electron chi connectivity index (χ2n) is 3.80. The Balaban J connectivity index is 1.66. The van der Waals surface area contributed by atoms with Gasteiger partial charge in [-0.15, -0.1) is 0 Å². The van der Waals surface area contributed by atoms with Crippen LogP contribution in [0.3, 0.4) is 0 Å². The van der Waals surface area contributed by atoms with Crippen LogP contribution < -0.4 is 10.1 Å². The summed E-state index contributed by atoms with van der Waals surface area (Å²) in [6.45, 7) is 1.50. The van der Waals surface area contributed by atoms with Gasteiger partial charge in [0.15, 0.2) is 0 Å². The van der Waals surface area contributed by atoms with Crippen molar-refractivity contribution in [2.24, 2.45) is 0 Å². The van der Waals surface area contributed by atoms with Gasteiger partial charge in [-0.25, -0.2) is 0 Å². The number of nitrogens with one attached hydrogen (secondary N) is 1. The fourth-order valence-corrected chi connectivity index (χ4v) is 1.71. The number of ether oxygens (including phenoxy) is 1. The van der Waals surface area contributed by atoms with E-state index in [9.17, 15) is 0 Å². The van der Waals surface area contributed by atoms with Crippen LogP contribution in [0.15, 0.2) is 48.8 Å². The highest BCUT2D eigenvalue weighted by Crippen LogP contribution is 2.18.